The number of carbonyl (C=O) groups excluding carboxylic acids is 2. The van der Waals surface area contributed by atoms with Crippen LogP contribution in [0.3, 0.4) is 0 Å². The zero-order valence-electron chi connectivity index (χ0n) is 14.0. The van der Waals surface area contributed by atoms with Crippen molar-refractivity contribution in [2.75, 3.05) is 0 Å². The van der Waals surface area contributed by atoms with Gasteiger partial charge in [0, 0.05) is 16.7 Å². The Morgan fingerprint density at radius 3 is 1.88 bits per heavy atom. The highest BCUT2D eigenvalue weighted by atomic mass is 16.1. The van der Waals surface area contributed by atoms with Gasteiger partial charge in [-0.1, -0.05) is 67.6 Å². The molecule has 0 spiro atoms. The van der Waals surface area contributed by atoms with Gasteiger partial charge in [-0.2, -0.15) is 0 Å². The summed E-state index contributed by atoms with van der Waals surface area (Å²) in [5.41, 5.74) is 1.81. The maximum Gasteiger partial charge on any atom is 0.164 e. The normalized spacial score (nSPS) is 27.9. The molecular formula is C22H20O2. The summed E-state index contributed by atoms with van der Waals surface area (Å²) >= 11 is 0. The predicted octanol–water partition coefficient (Wildman–Crippen LogP) is 4.10. The Balaban J connectivity index is 1.97. The van der Waals surface area contributed by atoms with Crippen LogP contribution in [-0.2, 0) is 15.0 Å². The lowest BCUT2D eigenvalue weighted by Crippen LogP contribution is -2.66. The van der Waals surface area contributed by atoms with Crippen LogP contribution in [0.4, 0.5) is 0 Å². The highest BCUT2D eigenvalue weighted by Gasteiger charge is 2.68. The van der Waals surface area contributed by atoms with Gasteiger partial charge in [-0.05, 0) is 36.1 Å². The van der Waals surface area contributed by atoms with Crippen molar-refractivity contribution in [1.82, 2.24) is 0 Å². The summed E-state index contributed by atoms with van der Waals surface area (Å²) in [6.07, 6.45) is 2.21. The molecule has 2 aromatic rings. The molecule has 2 nitrogen and oxygen atoms in total. The van der Waals surface area contributed by atoms with Crippen molar-refractivity contribution in [2.45, 2.75) is 25.7 Å². The van der Waals surface area contributed by atoms with Gasteiger partial charge in [0.05, 0.1) is 0 Å². The molecule has 0 radical (unpaired) electrons. The van der Waals surface area contributed by atoms with Gasteiger partial charge in [0.25, 0.3) is 0 Å². The predicted molar refractivity (Wildman–Crippen MR) is 93.6 cm³/mol. The van der Waals surface area contributed by atoms with E-state index in [9.17, 15) is 9.59 Å². The first-order chi connectivity index (χ1) is 11.5. The summed E-state index contributed by atoms with van der Waals surface area (Å²) in [6.45, 7) is 3.71. The molecule has 0 amide bonds. The SMILES string of the molecule is CC1=CC(=O)C2(C)CC(c3ccccc3)(c3ccccc3)C2C1=O. The largest absolute Gasteiger partial charge is 0.294 e. The maximum absolute atomic E-state index is 13.1. The summed E-state index contributed by atoms with van der Waals surface area (Å²) in [7, 11) is 0. The van der Waals surface area contributed by atoms with Crippen molar-refractivity contribution >= 4 is 11.6 Å². The molecule has 4 rings (SSSR count). The van der Waals surface area contributed by atoms with E-state index < -0.39 is 10.8 Å². The smallest absolute Gasteiger partial charge is 0.164 e. The lowest BCUT2D eigenvalue weighted by Gasteiger charge is -2.61. The van der Waals surface area contributed by atoms with Crippen molar-refractivity contribution in [1.29, 1.82) is 0 Å². The number of benzene rings is 2. The number of Topliss-reactive ketones (excluding diaryl/α,β-unsaturated/α-hetero) is 1. The fourth-order valence-electron chi connectivity index (χ4n) is 4.77. The molecule has 0 aliphatic heterocycles. The average Bonchev–Trinajstić information content (AvgIpc) is 2.59. The Kier molecular flexibility index (Phi) is 3.14. The van der Waals surface area contributed by atoms with Gasteiger partial charge in [-0.25, -0.2) is 0 Å². The number of hydrogen-bond donors (Lipinski definition) is 0. The fourth-order valence-corrected chi connectivity index (χ4v) is 4.77. The topological polar surface area (TPSA) is 34.1 Å². The minimum atomic E-state index is -0.595. The van der Waals surface area contributed by atoms with Crippen LogP contribution < -0.4 is 0 Å². The first-order valence-corrected chi connectivity index (χ1v) is 8.38. The second kappa shape index (κ2) is 5.01. The molecule has 0 aromatic heterocycles. The van der Waals surface area contributed by atoms with Crippen molar-refractivity contribution in [2.24, 2.45) is 11.3 Å². The van der Waals surface area contributed by atoms with Gasteiger partial charge >= 0.3 is 0 Å². The molecule has 2 aliphatic rings. The molecule has 2 unspecified atom stereocenters. The van der Waals surface area contributed by atoms with Gasteiger partial charge in [0.2, 0.25) is 0 Å². The Labute approximate surface area is 142 Å². The Hall–Kier alpha value is -2.48. The Morgan fingerprint density at radius 2 is 1.38 bits per heavy atom. The maximum atomic E-state index is 13.1. The molecule has 0 heterocycles. The highest BCUT2D eigenvalue weighted by Crippen LogP contribution is 2.65. The van der Waals surface area contributed by atoms with Gasteiger partial charge < -0.3 is 0 Å². The van der Waals surface area contributed by atoms with Crippen LogP contribution in [0.1, 0.15) is 31.4 Å². The molecule has 2 heteroatoms. The molecule has 2 atom stereocenters. The third kappa shape index (κ3) is 1.77. The van der Waals surface area contributed by atoms with E-state index >= 15 is 0 Å². The second-order valence-electron chi connectivity index (χ2n) is 7.29. The molecule has 0 saturated heterocycles. The van der Waals surface area contributed by atoms with E-state index in [1.54, 1.807) is 13.0 Å². The summed E-state index contributed by atoms with van der Waals surface area (Å²) in [5, 5.41) is 0. The van der Waals surface area contributed by atoms with Crippen LogP contribution >= 0.6 is 0 Å². The zero-order chi connectivity index (χ0) is 16.9. The highest BCUT2D eigenvalue weighted by molar-refractivity contribution is 6.14. The van der Waals surface area contributed by atoms with Crippen molar-refractivity contribution < 1.29 is 9.59 Å². The minimum Gasteiger partial charge on any atom is -0.294 e. The van der Waals surface area contributed by atoms with E-state index in [-0.39, 0.29) is 17.5 Å². The molecular weight excluding hydrogens is 296 g/mol. The van der Waals surface area contributed by atoms with E-state index in [2.05, 4.69) is 24.3 Å². The number of allylic oxidation sites excluding steroid dienone is 2. The molecule has 2 aromatic carbocycles. The van der Waals surface area contributed by atoms with Gasteiger partial charge in [-0.3, -0.25) is 9.59 Å². The van der Waals surface area contributed by atoms with Crippen LogP contribution in [0.25, 0.3) is 0 Å². The van der Waals surface area contributed by atoms with Crippen LogP contribution in [0.15, 0.2) is 72.3 Å². The summed E-state index contributed by atoms with van der Waals surface area (Å²) in [5.74, 6) is -0.129. The molecule has 0 bridgehead atoms. The second-order valence-corrected chi connectivity index (χ2v) is 7.29. The van der Waals surface area contributed by atoms with Crippen LogP contribution in [-0.4, -0.2) is 11.6 Å². The number of fused-ring (bicyclic) bond motifs is 1. The molecule has 2 aliphatic carbocycles. The quantitative estimate of drug-likeness (QED) is 0.836. The van der Waals surface area contributed by atoms with E-state index in [0.29, 0.717) is 12.0 Å². The van der Waals surface area contributed by atoms with E-state index in [1.165, 1.54) is 0 Å². The first-order valence-electron chi connectivity index (χ1n) is 8.38. The standard InChI is InChI=1S/C22H20O2/c1-15-13-18(23)21(2)14-22(20(21)19(15)24,16-9-5-3-6-10-16)17-11-7-4-8-12-17/h3-13,20H,14H2,1-2H3. The summed E-state index contributed by atoms with van der Waals surface area (Å²) < 4.78 is 0. The number of rotatable bonds is 2. The zero-order valence-corrected chi connectivity index (χ0v) is 14.0. The molecule has 1 saturated carbocycles. The summed E-state index contributed by atoms with van der Waals surface area (Å²) in [6, 6.07) is 20.3. The van der Waals surface area contributed by atoms with Crippen LogP contribution in [0, 0.1) is 11.3 Å². The van der Waals surface area contributed by atoms with Gasteiger partial charge in [-0.15, -0.1) is 0 Å². The fraction of sp³-hybridized carbons (Fsp3) is 0.273. The Morgan fingerprint density at radius 1 is 0.875 bits per heavy atom. The lowest BCUT2D eigenvalue weighted by atomic mass is 9.38. The summed E-state index contributed by atoms with van der Waals surface area (Å²) in [4.78, 5) is 25.7. The third-order valence-electron chi connectivity index (χ3n) is 5.92. The van der Waals surface area contributed by atoms with Crippen LogP contribution in [0.2, 0.25) is 0 Å². The molecule has 1 fully saturated rings. The molecule has 120 valence electrons. The monoisotopic (exact) mass is 316 g/mol. The van der Waals surface area contributed by atoms with Crippen molar-refractivity contribution in [3.63, 3.8) is 0 Å². The van der Waals surface area contributed by atoms with Crippen molar-refractivity contribution in [3.8, 4) is 0 Å². The molecule has 0 N–H and O–H groups in total. The first kappa shape index (κ1) is 15.1. The van der Waals surface area contributed by atoms with Crippen molar-refractivity contribution in [3.05, 3.63) is 83.4 Å². The van der Waals surface area contributed by atoms with Crippen LogP contribution in [0.5, 0.6) is 0 Å². The number of carbonyl (C=O) groups is 2. The Bertz CT molecular complexity index is 809. The number of ketones is 2. The minimum absolute atomic E-state index is 0.0899. The van der Waals surface area contributed by atoms with E-state index in [1.807, 2.05) is 43.3 Å². The van der Waals surface area contributed by atoms with Gasteiger partial charge in [0.1, 0.15) is 0 Å². The van der Waals surface area contributed by atoms with E-state index in [0.717, 1.165) is 11.1 Å². The third-order valence-corrected chi connectivity index (χ3v) is 5.92. The molecule has 24 heavy (non-hydrogen) atoms. The van der Waals surface area contributed by atoms with E-state index in [4.69, 9.17) is 0 Å². The lowest BCUT2D eigenvalue weighted by molar-refractivity contribution is -0.153. The number of hydrogen-bond acceptors (Lipinski definition) is 2. The van der Waals surface area contributed by atoms with Gasteiger partial charge in [0.15, 0.2) is 11.6 Å². The average molecular weight is 316 g/mol.